The average molecular weight is 474 g/mol. The molecule has 0 aliphatic carbocycles. The van der Waals surface area contributed by atoms with E-state index in [1.54, 1.807) is 0 Å². The monoisotopic (exact) mass is 473 g/mol. The Hall–Kier alpha value is -1.92. The molecule has 1 atom stereocenters. The molecule has 0 bridgehead atoms. The van der Waals surface area contributed by atoms with Crippen molar-refractivity contribution in [3.63, 3.8) is 0 Å². The van der Waals surface area contributed by atoms with Crippen LogP contribution >= 0.6 is 24.0 Å². The van der Waals surface area contributed by atoms with Gasteiger partial charge in [-0.1, -0.05) is 17.7 Å². The SMILES string of the molecule is CN(CC(N)c1ccc(Cl)c(C(F)(F)F)c1)S(=O)(=O)c1ccc([N+](=O)[O-])cc1.Cl. The third kappa shape index (κ3) is 5.80. The topological polar surface area (TPSA) is 107 Å². The second kappa shape index (κ2) is 9.26. The number of nitrogens with two attached hydrogens (primary N) is 1. The lowest BCUT2D eigenvalue weighted by Gasteiger charge is -2.22. The fraction of sp³-hybridized carbons (Fsp3) is 0.250. The number of likely N-dealkylation sites (N-methyl/N-ethyl adjacent to an activating group) is 1. The van der Waals surface area contributed by atoms with Crippen LogP contribution in [0.5, 0.6) is 0 Å². The Kier molecular flexibility index (Phi) is 8.02. The lowest BCUT2D eigenvalue weighted by atomic mass is 10.0. The summed E-state index contributed by atoms with van der Waals surface area (Å²) in [6, 6.07) is 6.26. The number of rotatable bonds is 6. The van der Waals surface area contributed by atoms with Crippen molar-refractivity contribution in [2.45, 2.75) is 17.1 Å². The maximum atomic E-state index is 13.0. The van der Waals surface area contributed by atoms with Crippen LogP contribution in [0.15, 0.2) is 47.4 Å². The molecule has 2 aromatic rings. The number of benzene rings is 2. The van der Waals surface area contributed by atoms with Crippen molar-refractivity contribution in [3.8, 4) is 0 Å². The Morgan fingerprint density at radius 2 is 1.76 bits per heavy atom. The molecule has 1 unspecified atom stereocenters. The summed E-state index contributed by atoms with van der Waals surface area (Å²) < 4.78 is 64.9. The van der Waals surface area contributed by atoms with Gasteiger partial charge < -0.3 is 5.73 Å². The summed E-state index contributed by atoms with van der Waals surface area (Å²) >= 11 is 5.56. The highest BCUT2D eigenvalue weighted by atomic mass is 35.5. The molecule has 7 nitrogen and oxygen atoms in total. The molecule has 0 fully saturated rings. The number of nitro groups is 1. The molecule has 0 saturated carbocycles. The second-order valence-corrected chi connectivity index (χ2v) is 8.33. The first-order valence-corrected chi connectivity index (χ1v) is 9.49. The van der Waals surface area contributed by atoms with E-state index < -0.39 is 37.8 Å². The predicted molar refractivity (Wildman–Crippen MR) is 104 cm³/mol. The highest BCUT2D eigenvalue weighted by Crippen LogP contribution is 2.36. The van der Waals surface area contributed by atoms with Crippen molar-refractivity contribution < 1.29 is 26.5 Å². The summed E-state index contributed by atoms with van der Waals surface area (Å²) in [5.41, 5.74) is 4.60. The van der Waals surface area contributed by atoms with E-state index in [1.807, 2.05) is 0 Å². The van der Waals surface area contributed by atoms with Gasteiger partial charge in [-0.15, -0.1) is 12.4 Å². The molecule has 0 aliphatic heterocycles. The van der Waals surface area contributed by atoms with Crippen molar-refractivity contribution in [1.29, 1.82) is 0 Å². The Bertz CT molecular complexity index is 986. The number of nitrogens with zero attached hydrogens (tertiary/aromatic N) is 2. The lowest BCUT2D eigenvalue weighted by molar-refractivity contribution is -0.384. The first kappa shape index (κ1) is 25.1. The third-order valence-electron chi connectivity index (χ3n) is 3.93. The summed E-state index contributed by atoms with van der Waals surface area (Å²) in [7, 11) is -2.84. The van der Waals surface area contributed by atoms with E-state index in [9.17, 15) is 31.7 Å². The quantitative estimate of drug-likeness (QED) is 0.503. The number of halogens is 5. The molecule has 2 aromatic carbocycles. The van der Waals surface area contributed by atoms with Crippen LogP contribution in [0, 0.1) is 10.1 Å². The average Bonchev–Trinajstić information content (AvgIpc) is 2.60. The van der Waals surface area contributed by atoms with Gasteiger partial charge in [-0.05, 0) is 29.8 Å². The third-order valence-corrected chi connectivity index (χ3v) is 6.10. The minimum absolute atomic E-state index is 0. The standard InChI is InChI=1S/C16H15ClF3N3O4S.ClH/c1-22(28(26,27)12-5-3-11(4-6-12)23(24)25)9-15(21)10-2-7-14(17)13(8-10)16(18,19)20;/h2-8,15H,9,21H2,1H3;1H. The second-order valence-electron chi connectivity index (χ2n) is 5.88. The predicted octanol–water partition coefficient (Wildman–Crippen LogP) is 4.01. The first-order valence-electron chi connectivity index (χ1n) is 7.67. The summed E-state index contributed by atoms with van der Waals surface area (Å²) in [6.07, 6.45) is -4.68. The molecule has 0 saturated heterocycles. The first-order chi connectivity index (χ1) is 12.8. The van der Waals surface area contributed by atoms with Crippen LogP contribution in [-0.2, 0) is 16.2 Å². The van der Waals surface area contributed by atoms with Gasteiger partial charge in [0.25, 0.3) is 5.69 Å². The van der Waals surface area contributed by atoms with Crippen LogP contribution in [0.25, 0.3) is 0 Å². The van der Waals surface area contributed by atoms with Gasteiger partial charge >= 0.3 is 6.18 Å². The van der Waals surface area contributed by atoms with E-state index in [4.69, 9.17) is 17.3 Å². The number of hydrogen-bond donors (Lipinski definition) is 1. The smallest absolute Gasteiger partial charge is 0.323 e. The number of alkyl halides is 3. The van der Waals surface area contributed by atoms with E-state index in [0.717, 1.165) is 40.7 Å². The van der Waals surface area contributed by atoms with Gasteiger partial charge in [-0.2, -0.15) is 17.5 Å². The molecule has 2 N–H and O–H groups in total. The summed E-state index contributed by atoms with van der Waals surface area (Å²) in [5.74, 6) is 0. The molecule has 0 spiro atoms. The van der Waals surface area contributed by atoms with Crippen molar-refractivity contribution in [2.75, 3.05) is 13.6 Å². The van der Waals surface area contributed by atoms with Gasteiger partial charge in [0.15, 0.2) is 0 Å². The Balaban J connectivity index is 0.00000420. The Labute approximate surface area is 175 Å². The highest BCUT2D eigenvalue weighted by molar-refractivity contribution is 7.89. The van der Waals surface area contributed by atoms with Crippen LogP contribution in [-0.4, -0.2) is 31.2 Å². The molecule has 0 aliphatic rings. The normalized spacial score (nSPS) is 13.1. The van der Waals surface area contributed by atoms with Gasteiger partial charge in [-0.25, -0.2) is 8.42 Å². The largest absolute Gasteiger partial charge is 0.417 e. The summed E-state index contributed by atoms with van der Waals surface area (Å²) in [4.78, 5) is 9.78. The molecular formula is C16H16Cl2F3N3O4S. The molecular weight excluding hydrogens is 458 g/mol. The van der Waals surface area contributed by atoms with E-state index in [2.05, 4.69) is 0 Å². The van der Waals surface area contributed by atoms with E-state index in [0.29, 0.717) is 0 Å². The summed E-state index contributed by atoms with van der Waals surface area (Å²) in [6.45, 7) is -0.321. The van der Waals surface area contributed by atoms with Crippen molar-refractivity contribution >= 4 is 39.7 Å². The molecule has 160 valence electrons. The fourth-order valence-corrected chi connectivity index (χ4v) is 3.81. The van der Waals surface area contributed by atoms with Gasteiger partial charge in [0, 0.05) is 31.8 Å². The van der Waals surface area contributed by atoms with E-state index in [1.165, 1.54) is 13.1 Å². The molecule has 13 heteroatoms. The number of sulfonamides is 1. The minimum Gasteiger partial charge on any atom is -0.323 e. The summed E-state index contributed by atoms with van der Waals surface area (Å²) in [5, 5.41) is 10.2. The van der Waals surface area contributed by atoms with Gasteiger partial charge in [-0.3, -0.25) is 10.1 Å². The maximum absolute atomic E-state index is 13.0. The van der Waals surface area contributed by atoms with Crippen LogP contribution < -0.4 is 5.73 Å². The zero-order chi connectivity index (χ0) is 21.3. The van der Waals surface area contributed by atoms with Gasteiger partial charge in [0.05, 0.1) is 20.4 Å². The lowest BCUT2D eigenvalue weighted by Crippen LogP contribution is -2.34. The number of non-ortho nitro benzene ring substituents is 1. The number of hydrogen-bond acceptors (Lipinski definition) is 5. The molecule has 0 aromatic heterocycles. The van der Waals surface area contributed by atoms with E-state index >= 15 is 0 Å². The van der Waals surface area contributed by atoms with Crippen molar-refractivity contribution in [2.24, 2.45) is 5.73 Å². The number of nitro benzene ring substituents is 1. The van der Waals surface area contributed by atoms with Crippen molar-refractivity contribution in [3.05, 3.63) is 68.7 Å². The van der Waals surface area contributed by atoms with Gasteiger partial charge in [0.2, 0.25) is 10.0 Å². The molecule has 0 heterocycles. The molecule has 29 heavy (non-hydrogen) atoms. The van der Waals surface area contributed by atoms with Crippen LogP contribution in [0.2, 0.25) is 5.02 Å². The maximum Gasteiger partial charge on any atom is 0.417 e. The Morgan fingerprint density at radius 1 is 1.21 bits per heavy atom. The van der Waals surface area contributed by atoms with Crippen LogP contribution in [0.4, 0.5) is 18.9 Å². The molecule has 2 rings (SSSR count). The van der Waals surface area contributed by atoms with Gasteiger partial charge in [0.1, 0.15) is 0 Å². The Morgan fingerprint density at radius 3 is 2.24 bits per heavy atom. The molecule has 0 radical (unpaired) electrons. The zero-order valence-corrected chi connectivity index (χ0v) is 17.1. The van der Waals surface area contributed by atoms with Crippen molar-refractivity contribution in [1.82, 2.24) is 4.31 Å². The van der Waals surface area contributed by atoms with Crippen LogP contribution in [0.1, 0.15) is 17.2 Å². The van der Waals surface area contributed by atoms with E-state index in [-0.39, 0.29) is 35.1 Å². The molecule has 0 amide bonds. The fourth-order valence-electron chi connectivity index (χ4n) is 2.39. The van der Waals surface area contributed by atoms with Crippen LogP contribution in [0.3, 0.4) is 0 Å². The highest BCUT2D eigenvalue weighted by Gasteiger charge is 2.34. The zero-order valence-electron chi connectivity index (χ0n) is 14.8. The minimum atomic E-state index is -4.68.